The number of fused-ring (bicyclic) bond motifs is 2. The molecule has 2 aromatic rings. The summed E-state index contributed by atoms with van der Waals surface area (Å²) >= 11 is 0. The van der Waals surface area contributed by atoms with Crippen LogP contribution in [0.25, 0.3) is 10.8 Å². The number of halogens is 1. The van der Waals surface area contributed by atoms with Crippen LogP contribution in [0.15, 0.2) is 43.0 Å². The van der Waals surface area contributed by atoms with E-state index in [1.165, 1.54) is 68.9 Å². The topological polar surface area (TPSA) is 0 Å². The SMILES string of the molecule is C=CCCc1ccc2cc([C@@H]3CC[C@@H]4CC(CCCC)CCC4C3)cc(F)c2c1. The fourth-order valence-corrected chi connectivity index (χ4v) is 6.09. The van der Waals surface area contributed by atoms with Crippen LogP contribution in [0.2, 0.25) is 0 Å². The molecule has 2 saturated carbocycles. The van der Waals surface area contributed by atoms with Crippen molar-refractivity contribution in [1.82, 2.24) is 0 Å². The molecule has 0 amide bonds. The molecule has 29 heavy (non-hydrogen) atoms. The van der Waals surface area contributed by atoms with Crippen molar-refractivity contribution < 1.29 is 4.39 Å². The fraction of sp³-hybridized carbons (Fsp3) is 0.571. The minimum Gasteiger partial charge on any atom is -0.206 e. The van der Waals surface area contributed by atoms with E-state index in [-0.39, 0.29) is 5.82 Å². The van der Waals surface area contributed by atoms with Crippen LogP contribution in [0.5, 0.6) is 0 Å². The van der Waals surface area contributed by atoms with Crippen LogP contribution >= 0.6 is 0 Å². The zero-order chi connectivity index (χ0) is 20.2. The van der Waals surface area contributed by atoms with E-state index in [1.807, 2.05) is 18.2 Å². The Morgan fingerprint density at radius 2 is 1.86 bits per heavy atom. The third kappa shape index (κ3) is 4.76. The Bertz CT molecular complexity index is 836. The lowest BCUT2D eigenvalue weighted by molar-refractivity contribution is 0.113. The Labute approximate surface area is 176 Å². The first-order valence-corrected chi connectivity index (χ1v) is 12.0. The molecule has 2 unspecified atom stereocenters. The van der Waals surface area contributed by atoms with Gasteiger partial charge in [0.2, 0.25) is 0 Å². The monoisotopic (exact) mass is 392 g/mol. The van der Waals surface area contributed by atoms with E-state index in [2.05, 4.69) is 31.7 Å². The van der Waals surface area contributed by atoms with Crippen molar-refractivity contribution in [1.29, 1.82) is 0 Å². The maximum absolute atomic E-state index is 15.0. The van der Waals surface area contributed by atoms with Crippen LogP contribution in [0, 0.1) is 23.6 Å². The maximum atomic E-state index is 15.0. The third-order valence-corrected chi connectivity index (χ3v) is 7.79. The molecule has 2 fully saturated rings. The first-order chi connectivity index (χ1) is 14.2. The summed E-state index contributed by atoms with van der Waals surface area (Å²) in [7, 11) is 0. The van der Waals surface area contributed by atoms with Crippen LogP contribution in [0.1, 0.15) is 88.2 Å². The smallest absolute Gasteiger partial charge is 0.131 e. The molecule has 0 aromatic heterocycles. The lowest BCUT2D eigenvalue weighted by Gasteiger charge is -2.42. The highest BCUT2D eigenvalue weighted by atomic mass is 19.1. The minimum absolute atomic E-state index is 0.0386. The van der Waals surface area contributed by atoms with E-state index in [9.17, 15) is 4.39 Å². The summed E-state index contributed by atoms with van der Waals surface area (Å²) in [5.74, 6) is 3.28. The van der Waals surface area contributed by atoms with E-state index in [0.717, 1.165) is 41.4 Å². The molecule has 2 aliphatic carbocycles. The van der Waals surface area contributed by atoms with Gasteiger partial charge in [0.1, 0.15) is 5.82 Å². The molecular formula is C28H37F. The molecule has 1 heteroatoms. The molecule has 0 heterocycles. The molecule has 0 radical (unpaired) electrons. The summed E-state index contributed by atoms with van der Waals surface area (Å²) in [6.07, 6.45) is 16.1. The van der Waals surface area contributed by atoms with Gasteiger partial charge >= 0.3 is 0 Å². The number of aryl methyl sites for hydroxylation is 1. The second-order valence-corrected chi connectivity index (χ2v) is 9.74. The Balaban J connectivity index is 1.46. The van der Waals surface area contributed by atoms with Gasteiger partial charge in [0.15, 0.2) is 0 Å². The van der Waals surface area contributed by atoms with Gasteiger partial charge in [-0.2, -0.15) is 0 Å². The Hall–Kier alpha value is -1.63. The van der Waals surface area contributed by atoms with Gasteiger partial charge < -0.3 is 0 Å². The molecule has 0 aliphatic heterocycles. The van der Waals surface area contributed by atoms with Crippen LogP contribution in [-0.2, 0) is 6.42 Å². The highest BCUT2D eigenvalue weighted by Crippen LogP contribution is 2.48. The van der Waals surface area contributed by atoms with Gasteiger partial charge in [-0.05, 0) is 97.3 Å². The van der Waals surface area contributed by atoms with Crippen molar-refractivity contribution in [3.05, 3.63) is 59.9 Å². The average molecular weight is 393 g/mol. The average Bonchev–Trinajstić information content (AvgIpc) is 2.75. The number of rotatable bonds is 7. The van der Waals surface area contributed by atoms with Crippen molar-refractivity contribution in [2.45, 2.75) is 83.5 Å². The van der Waals surface area contributed by atoms with Gasteiger partial charge in [0.25, 0.3) is 0 Å². The molecule has 0 spiro atoms. The van der Waals surface area contributed by atoms with Crippen molar-refractivity contribution >= 4 is 10.8 Å². The standard InChI is InChI=1S/C28H37F/c1-3-5-7-20-9-11-23-17-24(14-13-22(23)15-20)26-18-25-12-10-21(8-6-4-2)16-27(25)28(29)19-26/h4,10,12,16,18-20,22-24H,2-3,5-9,11,13-15,17H2,1H3/t20?,22-,23?,24-/m1/s1. The van der Waals surface area contributed by atoms with Crippen LogP contribution in [0.3, 0.4) is 0 Å². The summed E-state index contributed by atoms with van der Waals surface area (Å²) in [5, 5.41) is 1.84. The van der Waals surface area contributed by atoms with Gasteiger partial charge in [-0.1, -0.05) is 56.9 Å². The van der Waals surface area contributed by atoms with Gasteiger partial charge in [-0.3, -0.25) is 0 Å². The van der Waals surface area contributed by atoms with Crippen molar-refractivity contribution in [3.8, 4) is 0 Å². The van der Waals surface area contributed by atoms with Crippen LogP contribution in [-0.4, -0.2) is 0 Å². The Morgan fingerprint density at radius 1 is 1.03 bits per heavy atom. The maximum Gasteiger partial charge on any atom is 0.131 e. The molecule has 2 aromatic carbocycles. The lowest BCUT2D eigenvalue weighted by Crippen LogP contribution is -2.30. The largest absolute Gasteiger partial charge is 0.206 e. The van der Waals surface area contributed by atoms with Crippen molar-refractivity contribution in [3.63, 3.8) is 0 Å². The quantitative estimate of drug-likeness (QED) is 0.414. The first kappa shape index (κ1) is 20.6. The second-order valence-electron chi connectivity index (χ2n) is 9.74. The normalized spacial score (nSPS) is 27.0. The van der Waals surface area contributed by atoms with E-state index in [4.69, 9.17) is 0 Å². The first-order valence-electron chi connectivity index (χ1n) is 12.0. The fourth-order valence-electron chi connectivity index (χ4n) is 6.09. The summed E-state index contributed by atoms with van der Waals surface area (Å²) in [6.45, 7) is 6.10. The Morgan fingerprint density at radius 3 is 2.69 bits per heavy atom. The number of benzene rings is 2. The molecular weight excluding hydrogens is 355 g/mol. The zero-order valence-electron chi connectivity index (χ0n) is 18.1. The summed E-state index contributed by atoms with van der Waals surface area (Å²) < 4.78 is 15.0. The molecule has 0 nitrogen and oxygen atoms in total. The van der Waals surface area contributed by atoms with Gasteiger partial charge in [-0.15, -0.1) is 6.58 Å². The van der Waals surface area contributed by atoms with Crippen molar-refractivity contribution in [2.24, 2.45) is 17.8 Å². The van der Waals surface area contributed by atoms with E-state index < -0.39 is 0 Å². The second kappa shape index (κ2) is 9.45. The summed E-state index contributed by atoms with van der Waals surface area (Å²) in [4.78, 5) is 0. The van der Waals surface area contributed by atoms with E-state index >= 15 is 0 Å². The number of hydrogen-bond acceptors (Lipinski definition) is 0. The van der Waals surface area contributed by atoms with Crippen LogP contribution in [0.4, 0.5) is 4.39 Å². The van der Waals surface area contributed by atoms with E-state index in [0.29, 0.717) is 5.92 Å². The predicted molar refractivity (Wildman–Crippen MR) is 123 cm³/mol. The molecule has 0 N–H and O–H groups in total. The summed E-state index contributed by atoms with van der Waals surface area (Å²) in [6, 6.07) is 10.4. The lowest BCUT2D eigenvalue weighted by atomic mass is 9.63. The highest BCUT2D eigenvalue weighted by Gasteiger charge is 2.35. The molecule has 0 saturated heterocycles. The number of unbranched alkanes of at least 4 members (excludes halogenated alkanes) is 1. The Kier molecular flexibility index (Phi) is 6.73. The predicted octanol–water partition coefficient (Wildman–Crippen LogP) is 8.59. The van der Waals surface area contributed by atoms with Gasteiger partial charge in [-0.25, -0.2) is 4.39 Å². The zero-order valence-corrected chi connectivity index (χ0v) is 18.1. The molecule has 0 bridgehead atoms. The van der Waals surface area contributed by atoms with Crippen LogP contribution < -0.4 is 0 Å². The minimum atomic E-state index is -0.0386. The molecule has 2 aliphatic rings. The highest BCUT2D eigenvalue weighted by molar-refractivity contribution is 5.84. The van der Waals surface area contributed by atoms with E-state index in [1.54, 1.807) is 0 Å². The number of hydrogen-bond donors (Lipinski definition) is 0. The molecule has 4 rings (SSSR count). The van der Waals surface area contributed by atoms with Crippen molar-refractivity contribution in [2.75, 3.05) is 0 Å². The molecule has 156 valence electrons. The van der Waals surface area contributed by atoms with Gasteiger partial charge in [0, 0.05) is 5.39 Å². The third-order valence-electron chi connectivity index (χ3n) is 7.79. The van der Waals surface area contributed by atoms with Gasteiger partial charge in [0.05, 0.1) is 0 Å². The number of allylic oxidation sites excluding steroid dienone is 1. The summed E-state index contributed by atoms with van der Waals surface area (Å²) in [5.41, 5.74) is 2.43. The molecule has 4 atom stereocenters.